The van der Waals surface area contributed by atoms with Crippen LogP contribution < -0.4 is 5.73 Å². The molecule has 1 fully saturated rings. The first-order valence-electron chi connectivity index (χ1n) is 6.22. The summed E-state index contributed by atoms with van der Waals surface area (Å²) >= 11 is 0. The molecule has 1 saturated heterocycles. The van der Waals surface area contributed by atoms with Gasteiger partial charge in [0.25, 0.3) is 0 Å². The van der Waals surface area contributed by atoms with Crippen LogP contribution in [0.5, 0.6) is 0 Å². The van der Waals surface area contributed by atoms with Crippen molar-refractivity contribution in [3.8, 4) is 0 Å². The number of hydrogen-bond acceptors (Lipinski definition) is 4. The average molecular weight is 262 g/mol. The van der Waals surface area contributed by atoms with E-state index in [4.69, 9.17) is 5.73 Å². The van der Waals surface area contributed by atoms with Gasteiger partial charge in [0.1, 0.15) is 0 Å². The lowest BCUT2D eigenvalue weighted by Crippen LogP contribution is -2.60. The molecule has 1 atom stereocenters. The Morgan fingerprint density at radius 3 is 2.35 bits per heavy atom. The number of hydrogen-bond donors (Lipinski definition) is 1. The summed E-state index contributed by atoms with van der Waals surface area (Å²) in [6.07, 6.45) is 1.61. The van der Waals surface area contributed by atoms with Crippen LogP contribution in [0.2, 0.25) is 0 Å². The molecule has 0 amide bonds. The van der Waals surface area contributed by atoms with Crippen LogP contribution in [-0.2, 0) is 9.84 Å². The quantitative estimate of drug-likeness (QED) is 0.820. The van der Waals surface area contributed by atoms with Gasteiger partial charge in [0, 0.05) is 18.6 Å². The van der Waals surface area contributed by atoms with Gasteiger partial charge in [0.15, 0.2) is 9.84 Å². The maximum absolute atomic E-state index is 11.8. The zero-order valence-electron chi connectivity index (χ0n) is 11.5. The molecule has 0 aliphatic carbocycles. The molecule has 0 aromatic heterocycles. The molecule has 5 heteroatoms. The lowest BCUT2D eigenvalue weighted by molar-refractivity contribution is 0.0917. The van der Waals surface area contributed by atoms with E-state index in [1.165, 1.54) is 0 Å². The predicted molar refractivity (Wildman–Crippen MR) is 71.8 cm³/mol. The summed E-state index contributed by atoms with van der Waals surface area (Å²) in [6, 6.07) is 0. The van der Waals surface area contributed by atoms with Crippen LogP contribution in [0.3, 0.4) is 0 Å². The topological polar surface area (TPSA) is 63.4 Å². The van der Waals surface area contributed by atoms with Crippen LogP contribution in [-0.4, -0.2) is 50.5 Å². The van der Waals surface area contributed by atoms with Crippen molar-refractivity contribution >= 4 is 9.84 Å². The largest absolute Gasteiger partial charge is 0.329 e. The summed E-state index contributed by atoms with van der Waals surface area (Å²) in [7, 11) is -0.926. The van der Waals surface area contributed by atoms with Crippen LogP contribution in [0.1, 0.15) is 33.6 Å². The van der Waals surface area contributed by atoms with E-state index in [2.05, 4.69) is 25.7 Å². The summed E-state index contributed by atoms with van der Waals surface area (Å²) in [5.74, 6) is 0.529. The van der Waals surface area contributed by atoms with Gasteiger partial charge in [-0.3, -0.25) is 4.90 Å². The summed E-state index contributed by atoms with van der Waals surface area (Å²) in [5, 5.41) is 0. The minimum Gasteiger partial charge on any atom is -0.329 e. The first-order chi connectivity index (χ1) is 7.60. The molecule has 1 aliphatic heterocycles. The molecule has 0 aromatic carbocycles. The summed E-state index contributed by atoms with van der Waals surface area (Å²) in [4.78, 5) is 2.16. The zero-order chi connectivity index (χ0) is 13.3. The number of nitrogens with two attached hydrogens (primary N) is 1. The molecule has 0 spiro atoms. The van der Waals surface area contributed by atoms with Gasteiger partial charge in [0.2, 0.25) is 0 Å². The van der Waals surface area contributed by atoms with Crippen molar-refractivity contribution in [2.75, 3.05) is 31.6 Å². The molecule has 0 aromatic rings. The summed E-state index contributed by atoms with van der Waals surface area (Å²) in [5.41, 5.74) is 5.67. The van der Waals surface area contributed by atoms with Gasteiger partial charge >= 0.3 is 0 Å². The molecular weight excluding hydrogens is 236 g/mol. The second-order valence-corrected chi connectivity index (χ2v) is 8.72. The van der Waals surface area contributed by atoms with Gasteiger partial charge in [-0.2, -0.15) is 0 Å². The van der Waals surface area contributed by atoms with E-state index in [9.17, 15) is 8.42 Å². The van der Waals surface area contributed by atoms with Crippen LogP contribution in [0.15, 0.2) is 0 Å². The standard InChI is InChI=1S/C12H26N2O2S/c1-11(2,3)9-14(4)12(8-13)6-5-7-17(15,16)10-12/h5-10,13H2,1-4H3. The number of nitrogens with zero attached hydrogens (tertiary/aromatic N) is 1. The van der Waals surface area contributed by atoms with Crippen LogP contribution in [0.4, 0.5) is 0 Å². The highest BCUT2D eigenvalue weighted by molar-refractivity contribution is 7.91. The number of sulfone groups is 1. The first-order valence-corrected chi connectivity index (χ1v) is 8.04. The SMILES string of the molecule is CN(CC(C)(C)C)C1(CN)CCCS(=O)(=O)C1. The number of rotatable bonds is 3. The normalized spacial score (nSPS) is 29.5. The Bertz CT molecular complexity index is 359. The minimum absolute atomic E-state index is 0.151. The van der Waals surface area contributed by atoms with E-state index in [-0.39, 0.29) is 16.7 Å². The molecule has 102 valence electrons. The van der Waals surface area contributed by atoms with E-state index >= 15 is 0 Å². The van der Waals surface area contributed by atoms with Crippen molar-refractivity contribution < 1.29 is 8.42 Å². The highest BCUT2D eigenvalue weighted by Gasteiger charge is 2.41. The fourth-order valence-corrected chi connectivity index (χ4v) is 4.70. The average Bonchev–Trinajstić information content (AvgIpc) is 2.13. The van der Waals surface area contributed by atoms with Gasteiger partial charge in [-0.25, -0.2) is 8.42 Å². The molecule has 2 N–H and O–H groups in total. The molecule has 0 radical (unpaired) electrons. The molecule has 0 saturated carbocycles. The molecular formula is C12H26N2O2S. The Morgan fingerprint density at radius 2 is 1.94 bits per heavy atom. The van der Waals surface area contributed by atoms with Crippen LogP contribution in [0, 0.1) is 5.41 Å². The minimum atomic E-state index is -2.92. The van der Waals surface area contributed by atoms with Gasteiger partial charge in [-0.1, -0.05) is 20.8 Å². The molecule has 1 rings (SSSR count). The Balaban J connectivity index is 2.88. The Morgan fingerprint density at radius 1 is 1.35 bits per heavy atom. The molecule has 4 nitrogen and oxygen atoms in total. The van der Waals surface area contributed by atoms with E-state index in [0.29, 0.717) is 12.3 Å². The van der Waals surface area contributed by atoms with Gasteiger partial charge in [-0.05, 0) is 25.3 Å². The van der Waals surface area contributed by atoms with E-state index in [1.807, 2.05) is 7.05 Å². The molecule has 0 bridgehead atoms. The fourth-order valence-electron chi connectivity index (χ4n) is 2.67. The third-order valence-electron chi connectivity index (χ3n) is 3.49. The van der Waals surface area contributed by atoms with Crippen LogP contribution >= 0.6 is 0 Å². The predicted octanol–water partition coefficient (Wildman–Crippen LogP) is 0.870. The molecule has 1 aliphatic rings. The lowest BCUT2D eigenvalue weighted by atomic mass is 9.89. The smallest absolute Gasteiger partial charge is 0.152 e. The molecule has 1 heterocycles. The van der Waals surface area contributed by atoms with Crippen molar-refractivity contribution in [1.29, 1.82) is 0 Å². The fraction of sp³-hybridized carbons (Fsp3) is 1.00. The third kappa shape index (κ3) is 3.93. The molecule has 17 heavy (non-hydrogen) atoms. The van der Waals surface area contributed by atoms with Crippen molar-refractivity contribution in [3.63, 3.8) is 0 Å². The maximum Gasteiger partial charge on any atom is 0.152 e. The Labute approximate surface area is 105 Å². The highest BCUT2D eigenvalue weighted by Crippen LogP contribution is 2.30. The van der Waals surface area contributed by atoms with Gasteiger partial charge < -0.3 is 5.73 Å². The van der Waals surface area contributed by atoms with Crippen molar-refractivity contribution in [2.24, 2.45) is 11.1 Å². The maximum atomic E-state index is 11.8. The van der Waals surface area contributed by atoms with E-state index < -0.39 is 9.84 Å². The summed E-state index contributed by atoms with van der Waals surface area (Å²) in [6.45, 7) is 7.75. The van der Waals surface area contributed by atoms with Crippen molar-refractivity contribution in [3.05, 3.63) is 0 Å². The monoisotopic (exact) mass is 262 g/mol. The second kappa shape index (κ2) is 4.86. The van der Waals surface area contributed by atoms with Crippen molar-refractivity contribution in [2.45, 2.75) is 39.2 Å². The Kier molecular flexibility index (Phi) is 4.27. The van der Waals surface area contributed by atoms with Crippen molar-refractivity contribution in [1.82, 2.24) is 4.90 Å². The number of likely N-dealkylation sites (N-methyl/N-ethyl adjacent to an activating group) is 1. The van der Waals surface area contributed by atoms with E-state index in [1.54, 1.807) is 0 Å². The lowest BCUT2D eigenvalue weighted by Gasteiger charge is -2.45. The third-order valence-corrected chi connectivity index (χ3v) is 5.38. The highest BCUT2D eigenvalue weighted by atomic mass is 32.2. The Hall–Kier alpha value is -0.130. The second-order valence-electron chi connectivity index (χ2n) is 6.54. The van der Waals surface area contributed by atoms with Gasteiger partial charge in [0.05, 0.1) is 11.5 Å². The van der Waals surface area contributed by atoms with E-state index in [0.717, 1.165) is 19.4 Å². The molecule has 1 unspecified atom stereocenters. The zero-order valence-corrected chi connectivity index (χ0v) is 12.3. The van der Waals surface area contributed by atoms with Gasteiger partial charge in [-0.15, -0.1) is 0 Å². The van der Waals surface area contributed by atoms with Crippen LogP contribution in [0.25, 0.3) is 0 Å². The summed E-state index contributed by atoms with van der Waals surface area (Å²) < 4.78 is 23.6. The first kappa shape index (κ1) is 14.9.